The van der Waals surface area contributed by atoms with Gasteiger partial charge in [0.05, 0.1) is 23.2 Å². The lowest BCUT2D eigenvalue weighted by molar-refractivity contribution is -0.375. The molecule has 0 fully saturated rings. The molecule has 0 atom stereocenters. The number of nitrogens with zero attached hydrogens (tertiary/aromatic N) is 1. The number of carbonyl (C=O) groups excluding carboxylic acids is 1. The van der Waals surface area contributed by atoms with Gasteiger partial charge < -0.3 is 9.47 Å². The number of hydrogen-bond donors (Lipinski definition) is 0. The zero-order valence-electron chi connectivity index (χ0n) is 11.6. The van der Waals surface area contributed by atoms with E-state index < -0.39 is 10.9 Å². The van der Waals surface area contributed by atoms with Gasteiger partial charge in [-0.1, -0.05) is 18.2 Å². The van der Waals surface area contributed by atoms with Crippen LogP contribution in [0.1, 0.15) is 21.5 Å². The highest BCUT2D eigenvalue weighted by molar-refractivity contribution is 6.06. The second-order valence-electron chi connectivity index (χ2n) is 4.60. The third-order valence-electron chi connectivity index (χ3n) is 3.35. The van der Waals surface area contributed by atoms with Crippen LogP contribution in [-0.2, 0) is 4.74 Å². The molecule has 0 amide bonds. The molecule has 2 aromatic carbocycles. The van der Waals surface area contributed by atoms with Gasteiger partial charge in [-0.05, 0) is 30.3 Å². The summed E-state index contributed by atoms with van der Waals surface area (Å²) in [5.41, 5.74) is 0.839. The molecule has 0 bridgehead atoms. The van der Waals surface area contributed by atoms with Crippen molar-refractivity contribution in [2.45, 2.75) is 0 Å². The summed E-state index contributed by atoms with van der Waals surface area (Å²) < 4.78 is 10.2. The molecule has 0 aliphatic carbocycles. The minimum absolute atomic E-state index is 0.0317. The number of esters is 1. The van der Waals surface area contributed by atoms with Crippen LogP contribution in [0, 0.1) is 10.1 Å². The Kier molecular flexibility index (Phi) is 3.34. The molecular weight excluding hydrogens is 286 g/mol. The van der Waals surface area contributed by atoms with E-state index in [0.717, 1.165) is 0 Å². The summed E-state index contributed by atoms with van der Waals surface area (Å²) in [6, 6.07) is 12.9. The number of fused-ring (bicyclic) bond motifs is 1. The van der Waals surface area contributed by atoms with Gasteiger partial charge in [-0.25, -0.2) is 4.79 Å². The lowest BCUT2D eigenvalue weighted by atomic mass is 10.0. The number of benzene rings is 2. The van der Waals surface area contributed by atoms with Crippen molar-refractivity contribution >= 4 is 17.4 Å². The lowest BCUT2D eigenvalue weighted by Gasteiger charge is -2.04. The standard InChI is InChI=1S/C16H11NO5/c1-21-11-8-6-10(7-9-11)14(17(19)20)15-12-4-2-3-5-13(12)16(18)22-15/h2-9H,1H3. The van der Waals surface area contributed by atoms with Gasteiger partial charge in [-0.15, -0.1) is 0 Å². The molecule has 1 heterocycles. The van der Waals surface area contributed by atoms with Crippen molar-refractivity contribution in [2.24, 2.45) is 0 Å². The van der Waals surface area contributed by atoms with Crippen LogP contribution < -0.4 is 4.74 Å². The summed E-state index contributed by atoms with van der Waals surface area (Å²) in [6.07, 6.45) is 0. The van der Waals surface area contributed by atoms with E-state index in [2.05, 4.69) is 0 Å². The normalized spacial score (nSPS) is 15.0. The molecule has 1 aliphatic heterocycles. The average molecular weight is 297 g/mol. The second kappa shape index (κ2) is 5.33. The van der Waals surface area contributed by atoms with E-state index in [1.807, 2.05) is 0 Å². The van der Waals surface area contributed by atoms with Crippen molar-refractivity contribution in [3.05, 3.63) is 75.3 Å². The minimum Gasteiger partial charge on any atom is -0.497 e. The van der Waals surface area contributed by atoms with E-state index in [9.17, 15) is 14.9 Å². The SMILES string of the molecule is COc1ccc(C(=C2OC(=O)c3ccccc32)[N+](=O)[O-])cc1. The van der Waals surface area contributed by atoms with Crippen LogP contribution in [0.4, 0.5) is 0 Å². The summed E-state index contributed by atoms with van der Waals surface area (Å²) in [7, 11) is 1.51. The molecule has 0 radical (unpaired) electrons. The predicted octanol–water partition coefficient (Wildman–Crippen LogP) is 2.97. The van der Waals surface area contributed by atoms with Gasteiger partial charge in [0.1, 0.15) is 5.75 Å². The smallest absolute Gasteiger partial charge is 0.344 e. The fraction of sp³-hybridized carbons (Fsp3) is 0.0625. The Labute approximate surface area is 125 Å². The summed E-state index contributed by atoms with van der Waals surface area (Å²) in [4.78, 5) is 22.8. The Morgan fingerprint density at radius 1 is 1.09 bits per heavy atom. The number of rotatable bonds is 3. The highest BCUT2D eigenvalue weighted by Crippen LogP contribution is 2.36. The molecule has 0 unspecified atom stereocenters. The number of carbonyl (C=O) groups is 1. The van der Waals surface area contributed by atoms with E-state index >= 15 is 0 Å². The van der Waals surface area contributed by atoms with Crippen LogP contribution in [0.3, 0.4) is 0 Å². The van der Waals surface area contributed by atoms with E-state index in [1.54, 1.807) is 48.5 Å². The molecule has 0 saturated carbocycles. The molecule has 0 N–H and O–H groups in total. The summed E-state index contributed by atoms with van der Waals surface area (Å²) in [5.74, 6) is -0.0329. The maximum atomic E-state index is 11.8. The first-order valence-corrected chi connectivity index (χ1v) is 6.46. The summed E-state index contributed by atoms with van der Waals surface area (Å²) >= 11 is 0. The number of hydrogen-bond acceptors (Lipinski definition) is 5. The van der Waals surface area contributed by atoms with Crippen LogP contribution in [0.25, 0.3) is 11.5 Å². The third-order valence-corrected chi connectivity index (χ3v) is 3.35. The van der Waals surface area contributed by atoms with Crippen molar-refractivity contribution < 1.29 is 19.2 Å². The highest BCUT2D eigenvalue weighted by atomic mass is 16.6. The van der Waals surface area contributed by atoms with Gasteiger partial charge in [0.15, 0.2) is 0 Å². The van der Waals surface area contributed by atoms with Crippen molar-refractivity contribution in [3.63, 3.8) is 0 Å². The number of methoxy groups -OCH3 is 1. The summed E-state index contributed by atoms with van der Waals surface area (Å²) in [5, 5.41) is 11.5. The molecule has 3 rings (SSSR count). The molecule has 22 heavy (non-hydrogen) atoms. The quantitative estimate of drug-likeness (QED) is 0.494. The number of ether oxygens (including phenoxy) is 2. The van der Waals surface area contributed by atoms with Crippen molar-refractivity contribution in [1.82, 2.24) is 0 Å². The van der Waals surface area contributed by atoms with Crippen LogP contribution >= 0.6 is 0 Å². The first kappa shape index (κ1) is 13.8. The molecule has 2 aromatic rings. The maximum Gasteiger partial charge on any atom is 0.344 e. The van der Waals surface area contributed by atoms with Gasteiger partial charge >= 0.3 is 11.7 Å². The molecule has 6 heteroatoms. The Morgan fingerprint density at radius 2 is 1.73 bits per heavy atom. The highest BCUT2D eigenvalue weighted by Gasteiger charge is 2.34. The van der Waals surface area contributed by atoms with Gasteiger partial charge in [0.25, 0.3) is 0 Å². The zero-order valence-corrected chi connectivity index (χ0v) is 11.6. The van der Waals surface area contributed by atoms with Crippen LogP contribution in [0.5, 0.6) is 5.75 Å². The molecule has 1 aliphatic rings. The predicted molar refractivity (Wildman–Crippen MR) is 78.7 cm³/mol. The summed E-state index contributed by atoms with van der Waals surface area (Å²) in [6.45, 7) is 0. The first-order chi connectivity index (χ1) is 10.6. The van der Waals surface area contributed by atoms with Gasteiger partial charge in [-0.2, -0.15) is 0 Å². The van der Waals surface area contributed by atoms with Gasteiger partial charge in [0.2, 0.25) is 5.76 Å². The molecule has 6 nitrogen and oxygen atoms in total. The largest absolute Gasteiger partial charge is 0.497 e. The van der Waals surface area contributed by atoms with Crippen molar-refractivity contribution in [1.29, 1.82) is 0 Å². The van der Waals surface area contributed by atoms with Crippen molar-refractivity contribution in [3.8, 4) is 5.75 Å². The maximum absolute atomic E-state index is 11.8. The van der Waals surface area contributed by atoms with Gasteiger partial charge in [-0.3, -0.25) is 10.1 Å². The number of cyclic esters (lactones) is 1. The van der Waals surface area contributed by atoms with Crippen LogP contribution in [0.2, 0.25) is 0 Å². The van der Waals surface area contributed by atoms with E-state index in [4.69, 9.17) is 9.47 Å². The van der Waals surface area contributed by atoms with Gasteiger partial charge in [0, 0.05) is 5.56 Å². The Morgan fingerprint density at radius 3 is 2.32 bits per heavy atom. The Balaban J connectivity index is 2.19. The van der Waals surface area contributed by atoms with Crippen LogP contribution in [0.15, 0.2) is 48.5 Å². The molecule has 0 aromatic heterocycles. The van der Waals surface area contributed by atoms with E-state index in [1.165, 1.54) is 7.11 Å². The third kappa shape index (κ3) is 2.20. The van der Waals surface area contributed by atoms with E-state index in [0.29, 0.717) is 22.4 Å². The molecule has 110 valence electrons. The van der Waals surface area contributed by atoms with Crippen LogP contribution in [-0.4, -0.2) is 18.0 Å². The first-order valence-electron chi connectivity index (χ1n) is 6.46. The van der Waals surface area contributed by atoms with E-state index in [-0.39, 0.29) is 11.5 Å². The second-order valence-corrected chi connectivity index (χ2v) is 4.60. The Bertz CT molecular complexity index is 792. The lowest BCUT2D eigenvalue weighted by Crippen LogP contribution is -2.03. The Hall–Kier alpha value is -3.15. The minimum atomic E-state index is -0.585. The monoisotopic (exact) mass is 297 g/mol. The molecular formula is C16H11NO5. The average Bonchev–Trinajstić information content (AvgIpc) is 2.85. The topological polar surface area (TPSA) is 78.7 Å². The number of nitro groups is 1. The fourth-order valence-corrected chi connectivity index (χ4v) is 2.31. The molecule has 0 saturated heterocycles. The zero-order chi connectivity index (χ0) is 15.7. The fourth-order valence-electron chi connectivity index (χ4n) is 2.31. The van der Waals surface area contributed by atoms with Crippen molar-refractivity contribution in [2.75, 3.05) is 7.11 Å². The molecule has 0 spiro atoms.